The summed E-state index contributed by atoms with van der Waals surface area (Å²) in [5.41, 5.74) is 0.00537. The van der Waals surface area contributed by atoms with Gasteiger partial charge in [0, 0.05) is 37.6 Å². The van der Waals surface area contributed by atoms with Gasteiger partial charge in [0.2, 0.25) is 5.91 Å². The van der Waals surface area contributed by atoms with E-state index in [4.69, 9.17) is 4.74 Å². The van der Waals surface area contributed by atoms with Gasteiger partial charge in [0.15, 0.2) is 6.23 Å². The SMILES string of the molecule is O=C1Nc2ccc(-c3cccc(C(F)(F)F)c3)cc2C(=O)N2CCN(C(OC(=O)C(F)(F)F)c3ccncc3)CC12. The lowest BCUT2D eigenvalue weighted by molar-refractivity contribution is -0.215. The summed E-state index contributed by atoms with van der Waals surface area (Å²) in [6.07, 6.45) is -8.74. The van der Waals surface area contributed by atoms with Crippen LogP contribution in [0.4, 0.5) is 32.0 Å². The normalized spacial score (nSPS) is 18.6. The number of pyridine rings is 1. The number of hydrogen-bond acceptors (Lipinski definition) is 6. The summed E-state index contributed by atoms with van der Waals surface area (Å²) in [7, 11) is 0. The first-order chi connectivity index (χ1) is 19.3. The number of rotatable bonds is 4. The molecule has 2 unspecified atom stereocenters. The van der Waals surface area contributed by atoms with Crippen molar-refractivity contribution in [3.63, 3.8) is 0 Å². The van der Waals surface area contributed by atoms with Gasteiger partial charge >= 0.3 is 18.3 Å². The number of nitrogens with zero attached hydrogens (tertiary/aromatic N) is 3. The maximum Gasteiger partial charge on any atom is 0.490 e. The quantitative estimate of drug-likeness (QED) is 0.358. The fourth-order valence-corrected chi connectivity index (χ4v) is 4.79. The molecule has 214 valence electrons. The predicted molar refractivity (Wildman–Crippen MR) is 131 cm³/mol. The fourth-order valence-electron chi connectivity index (χ4n) is 4.79. The Bertz CT molecular complexity index is 1500. The van der Waals surface area contributed by atoms with Crippen molar-refractivity contribution in [2.24, 2.45) is 0 Å². The van der Waals surface area contributed by atoms with Crippen molar-refractivity contribution in [1.82, 2.24) is 14.8 Å². The lowest BCUT2D eigenvalue weighted by Crippen LogP contribution is -2.59. The summed E-state index contributed by atoms with van der Waals surface area (Å²) >= 11 is 0. The smallest absolute Gasteiger partial charge is 0.435 e. The molecule has 3 aromatic rings. The summed E-state index contributed by atoms with van der Waals surface area (Å²) in [4.78, 5) is 44.9. The highest BCUT2D eigenvalue weighted by Gasteiger charge is 2.46. The van der Waals surface area contributed by atoms with Crippen molar-refractivity contribution < 1.29 is 45.5 Å². The van der Waals surface area contributed by atoms with Crippen LogP contribution in [0.25, 0.3) is 11.1 Å². The maximum atomic E-state index is 13.6. The molecule has 2 aliphatic heterocycles. The number of fused-ring (bicyclic) bond motifs is 2. The minimum Gasteiger partial charge on any atom is -0.435 e. The second-order valence-electron chi connectivity index (χ2n) is 9.37. The number of carbonyl (C=O) groups excluding carboxylic acids is 3. The van der Waals surface area contributed by atoms with E-state index in [1.807, 2.05) is 0 Å². The molecule has 1 aromatic heterocycles. The molecule has 0 radical (unpaired) electrons. The number of piperazine rings is 1. The van der Waals surface area contributed by atoms with Crippen LogP contribution in [0.15, 0.2) is 67.0 Å². The summed E-state index contributed by atoms with van der Waals surface area (Å²) < 4.78 is 83.6. The topological polar surface area (TPSA) is 91.8 Å². The lowest BCUT2D eigenvalue weighted by atomic mass is 9.99. The van der Waals surface area contributed by atoms with Gasteiger partial charge in [-0.3, -0.25) is 19.5 Å². The van der Waals surface area contributed by atoms with Crippen molar-refractivity contribution in [2.75, 3.05) is 25.0 Å². The minimum atomic E-state index is -5.26. The van der Waals surface area contributed by atoms with Gasteiger partial charge in [-0.05, 0) is 47.5 Å². The number of nitrogens with one attached hydrogen (secondary N) is 1. The number of esters is 1. The van der Waals surface area contributed by atoms with Gasteiger partial charge in [0.25, 0.3) is 5.91 Å². The van der Waals surface area contributed by atoms with E-state index in [0.717, 1.165) is 12.1 Å². The molecule has 3 heterocycles. The molecular weight excluding hydrogens is 558 g/mol. The van der Waals surface area contributed by atoms with Crippen LogP contribution in [0.5, 0.6) is 0 Å². The average Bonchev–Trinajstić information content (AvgIpc) is 3.04. The van der Waals surface area contributed by atoms with E-state index in [0.29, 0.717) is 5.56 Å². The Labute approximate surface area is 228 Å². The van der Waals surface area contributed by atoms with Crippen LogP contribution in [0, 0.1) is 0 Å². The third-order valence-corrected chi connectivity index (χ3v) is 6.78. The first-order valence-electron chi connectivity index (χ1n) is 12.2. The number of alkyl halides is 6. The number of benzene rings is 2. The number of hydrogen-bond donors (Lipinski definition) is 1. The molecule has 1 fully saturated rings. The van der Waals surface area contributed by atoms with Crippen LogP contribution in [-0.2, 0) is 20.5 Å². The molecule has 0 saturated carbocycles. The van der Waals surface area contributed by atoms with Crippen molar-refractivity contribution in [1.29, 1.82) is 0 Å². The molecule has 2 aromatic carbocycles. The van der Waals surface area contributed by atoms with E-state index in [9.17, 15) is 40.7 Å². The molecule has 8 nitrogen and oxygen atoms in total. The van der Waals surface area contributed by atoms with E-state index in [1.165, 1.54) is 64.7 Å². The summed E-state index contributed by atoms with van der Waals surface area (Å²) in [5, 5.41) is 2.62. The molecule has 2 atom stereocenters. The maximum absolute atomic E-state index is 13.6. The number of ether oxygens (including phenoxy) is 1. The largest absolute Gasteiger partial charge is 0.490 e. The highest BCUT2D eigenvalue weighted by Crippen LogP contribution is 2.35. The Hall–Kier alpha value is -4.46. The van der Waals surface area contributed by atoms with E-state index in [2.05, 4.69) is 10.3 Å². The summed E-state index contributed by atoms with van der Waals surface area (Å²) in [5.74, 6) is -3.65. The van der Waals surface area contributed by atoms with Gasteiger partial charge in [0.05, 0.1) is 16.8 Å². The van der Waals surface area contributed by atoms with Gasteiger partial charge in [0.1, 0.15) is 6.04 Å². The molecule has 41 heavy (non-hydrogen) atoms. The van der Waals surface area contributed by atoms with Crippen molar-refractivity contribution in [2.45, 2.75) is 24.6 Å². The van der Waals surface area contributed by atoms with Gasteiger partial charge in [-0.15, -0.1) is 0 Å². The lowest BCUT2D eigenvalue weighted by Gasteiger charge is -2.42. The Morgan fingerprint density at radius 2 is 1.66 bits per heavy atom. The van der Waals surface area contributed by atoms with E-state index < -0.39 is 48.0 Å². The molecule has 14 heteroatoms. The van der Waals surface area contributed by atoms with E-state index in [-0.39, 0.29) is 42.0 Å². The Morgan fingerprint density at radius 1 is 0.951 bits per heavy atom. The van der Waals surface area contributed by atoms with Crippen LogP contribution < -0.4 is 5.32 Å². The van der Waals surface area contributed by atoms with Gasteiger partial charge in [-0.2, -0.15) is 26.3 Å². The number of halogens is 6. The molecule has 5 rings (SSSR count). The average molecular weight is 578 g/mol. The molecule has 1 N–H and O–H groups in total. The summed E-state index contributed by atoms with van der Waals surface area (Å²) in [6, 6.07) is 10.4. The fraction of sp³-hybridized carbons (Fsp3) is 0.259. The number of aromatic nitrogens is 1. The standard InChI is InChI=1S/C27H20F6N4O4/c28-26(29,30)18-3-1-2-16(12-18)17-4-5-20-19(13-17)23(39)37-11-10-36(14-21(37)22(38)35-20)24(15-6-8-34-9-7-15)41-25(40)27(31,32)33/h1-9,12-13,21,24H,10-11,14H2,(H,35,38). The first-order valence-corrected chi connectivity index (χ1v) is 12.2. The minimum absolute atomic E-state index is 0.0402. The van der Waals surface area contributed by atoms with Crippen molar-refractivity contribution >= 4 is 23.5 Å². The van der Waals surface area contributed by atoms with Crippen LogP contribution in [0.2, 0.25) is 0 Å². The molecule has 2 aliphatic rings. The van der Waals surface area contributed by atoms with Gasteiger partial charge in [-0.25, -0.2) is 4.79 Å². The molecule has 2 amide bonds. The molecule has 0 aliphatic carbocycles. The Morgan fingerprint density at radius 3 is 2.34 bits per heavy atom. The monoisotopic (exact) mass is 578 g/mol. The van der Waals surface area contributed by atoms with Crippen LogP contribution >= 0.6 is 0 Å². The number of carbonyl (C=O) groups is 3. The summed E-state index contributed by atoms with van der Waals surface area (Å²) in [6.45, 7) is -0.449. The highest BCUT2D eigenvalue weighted by molar-refractivity contribution is 6.10. The second-order valence-corrected chi connectivity index (χ2v) is 9.37. The molecule has 0 spiro atoms. The predicted octanol–water partition coefficient (Wildman–Crippen LogP) is 4.65. The number of amides is 2. The molecule has 0 bridgehead atoms. The Kier molecular flexibility index (Phi) is 7.19. The third-order valence-electron chi connectivity index (χ3n) is 6.78. The van der Waals surface area contributed by atoms with Crippen LogP contribution in [0.1, 0.15) is 27.7 Å². The zero-order chi connectivity index (χ0) is 29.5. The van der Waals surface area contributed by atoms with Crippen molar-refractivity contribution in [3.05, 3.63) is 83.7 Å². The van der Waals surface area contributed by atoms with Gasteiger partial charge in [-0.1, -0.05) is 18.2 Å². The molecular formula is C27H20F6N4O4. The van der Waals surface area contributed by atoms with Crippen molar-refractivity contribution in [3.8, 4) is 11.1 Å². The highest BCUT2D eigenvalue weighted by atomic mass is 19.4. The Balaban J connectivity index is 1.43. The molecule has 1 saturated heterocycles. The van der Waals surface area contributed by atoms with Crippen LogP contribution in [0.3, 0.4) is 0 Å². The van der Waals surface area contributed by atoms with E-state index >= 15 is 0 Å². The third kappa shape index (κ3) is 5.73. The first kappa shape index (κ1) is 28.1. The second kappa shape index (κ2) is 10.5. The zero-order valence-corrected chi connectivity index (χ0v) is 20.9. The van der Waals surface area contributed by atoms with E-state index in [1.54, 1.807) is 0 Å². The zero-order valence-electron chi connectivity index (χ0n) is 20.9. The number of anilines is 1. The van der Waals surface area contributed by atoms with Crippen LogP contribution in [-0.4, -0.2) is 64.4 Å². The van der Waals surface area contributed by atoms with Gasteiger partial charge < -0.3 is 15.0 Å².